The Balaban J connectivity index is 1.89. The van der Waals surface area contributed by atoms with E-state index >= 15 is 0 Å². The minimum atomic E-state index is -4.67. The molecule has 2 heterocycles. The van der Waals surface area contributed by atoms with Crippen LogP contribution in [0.1, 0.15) is 11.5 Å². The standard InChI is InChI=1S/C14H11F3N4OS/c1-20-12(14(15,16)17)19-21(13(20)22)7-10-8-23-11(18-10)9-5-3-2-4-6-9/h2-6,8H,7H2,1H3. The molecule has 9 heteroatoms. The maximum Gasteiger partial charge on any atom is 0.451 e. The topological polar surface area (TPSA) is 52.7 Å². The first-order chi connectivity index (χ1) is 10.9. The summed E-state index contributed by atoms with van der Waals surface area (Å²) in [5, 5.41) is 5.81. The summed E-state index contributed by atoms with van der Waals surface area (Å²) in [4.78, 5) is 16.2. The van der Waals surface area contributed by atoms with Crippen LogP contribution in [-0.4, -0.2) is 19.3 Å². The van der Waals surface area contributed by atoms with Crippen LogP contribution < -0.4 is 5.69 Å². The fourth-order valence-electron chi connectivity index (χ4n) is 2.08. The maximum atomic E-state index is 12.8. The third kappa shape index (κ3) is 3.04. The summed E-state index contributed by atoms with van der Waals surface area (Å²) in [5.74, 6) is -1.22. The van der Waals surface area contributed by atoms with Crippen LogP contribution in [0.2, 0.25) is 0 Å². The van der Waals surface area contributed by atoms with E-state index in [2.05, 4.69) is 10.1 Å². The van der Waals surface area contributed by atoms with Crippen LogP contribution >= 0.6 is 11.3 Å². The molecule has 3 rings (SSSR count). The van der Waals surface area contributed by atoms with Gasteiger partial charge in [-0.25, -0.2) is 14.5 Å². The van der Waals surface area contributed by atoms with Gasteiger partial charge in [0, 0.05) is 18.0 Å². The second kappa shape index (κ2) is 5.65. The zero-order valence-electron chi connectivity index (χ0n) is 11.9. The van der Waals surface area contributed by atoms with Gasteiger partial charge in [0.25, 0.3) is 0 Å². The normalized spacial score (nSPS) is 11.8. The number of hydrogen-bond donors (Lipinski definition) is 0. The van der Waals surface area contributed by atoms with Gasteiger partial charge in [-0.2, -0.15) is 13.2 Å². The molecule has 1 aromatic carbocycles. The van der Waals surface area contributed by atoms with Gasteiger partial charge >= 0.3 is 11.9 Å². The van der Waals surface area contributed by atoms with E-state index < -0.39 is 17.7 Å². The second-order valence-electron chi connectivity index (χ2n) is 4.83. The molecule has 0 spiro atoms. The minimum absolute atomic E-state index is 0.105. The summed E-state index contributed by atoms with van der Waals surface area (Å²) < 4.78 is 39.5. The molecular formula is C14H11F3N4OS. The van der Waals surface area contributed by atoms with Crippen LogP contribution in [0, 0.1) is 0 Å². The Bertz CT molecular complexity index is 880. The predicted octanol–water partition coefficient (Wildman–Crippen LogP) is 2.77. The van der Waals surface area contributed by atoms with Gasteiger partial charge in [0.15, 0.2) is 0 Å². The summed E-state index contributed by atoms with van der Waals surface area (Å²) in [5.41, 5.74) is 0.572. The number of rotatable bonds is 3. The number of hydrogen-bond acceptors (Lipinski definition) is 4. The lowest BCUT2D eigenvalue weighted by atomic mass is 10.2. The number of benzene rings is 1. The van der Waals surface area contributed by atoms with E-state index in [-0.39, 0.29) is 6.54 Å². The molecule has 0 aliphatic rings. The van der Waals surface area contributed by atoms with Crippen molar-refractivity contribution >= 4 is 11.3 Å². The Hall–Kier alpha value is -2.42. The van der Waals surface area contributed by atoms with E-state index in [4.69, 9.17) is 0 Å². The quantitative estimate of drug-likeness (QED) is 0.737. The van der Waals surface area contributed by atoms with Gasteiger partial charge in [0.05, 0.1) is 12.2 Å². The highest BCUT2D eigenvalue weighted by Gasteiger charge is 2.38. The molecule has 23 heavy (non-hydrogen) atoms. The van der Waals surface area contributed by atoms with E-state index in [1.807, 2.05) is 30.3 Å². The van der Waals surface area contributed by atoms with E-state index in [0.717, 1.165) is 22.3 Å². The number of aromatic nitrogens is 4. The molecule has 0 saturated carbocycles. The summed E-state index contributed by atoms with van der Waals surface area (Å²) >= 11 is 1.36. The van der Waals surface area contributed by atoms with Crippen molar-refractivity contribution in [3.05, 3.63) is 57.7 Å². The molecule has 0 radical (unpaired) electrons. The molecule has 0 aliphatic heterocycles. The molecule has 3 aromatic rings. The Morgan fingerprint density at radius 2 is 1.91 bits per heavy atom. The van der Waals surface area contributed by atoms with Gasteiger partial charge in [-0.3, -0.25) is 4.57 Å². The molecule has 0 saturated heterocycles. The summed E-state index contributed by atoms with van der Waals surface area (Å²) in [6, 6.07) is 9.39. The Labute approximate surface area is 132 Å². The van der Waals surface area contributed by atoms with Crippen LogP contribution in [0.15, 0.2) is 40.5 Å². The number of halogens is 3. The maximum absolute atomic E-state index is 12.8. The van der Waals surface area contributed by atoms with Crippen molar-refractivity contribution in [3.8, 4) is 10.6 Å². The van der Waals surface area contributed by atoms with Crippen LogP contribution in [0.4, 0.5) is 13.2 Å². The summed E-state index contributed by atoms with van der Waals surface area (Å²) in [6.45, 7) is -0.105. The van der Waals surface area contributed by atoms with Gasteiger partial charge in [-0.15, -0.1) is 16.4 Å². The van der Waals surface area contributed by atoms with Crippen LogP contribution in [-0.2, 0) is 19.8 Å². The first-order valence-electron chi connectivity index (χ1n) is 6.57. The fourth-order valence-corrected chi connectivity index (χ4v) is 2.90. The molecular weight excluding hydrogens is 329 g/mol. The zero-order valence-corrected chi connectivity index (χ0v) is 12.7. The van der Waals surface area contributed by atoms with Gasteiger partial charge < -0.3 is 0 Å². The molecule has 0 bridgehead atoms. The molecule has 0 atom stereocenters. The van der Waals surface area contributed by atoms with Crippen molar-refractivity contribution in [3.63, 3.8) is 0 Å². The summed E-state index contributed by atoms with van der Waals surface area (Å²) in [6.07, 6.45) is -4.67. The van der Waals surface area contributed by atoms with E-state index in [9.17, 15) is 18.0 Å². The first-order valence-corrected chi connectivity index (χ1v) is 7.45. The highest BCUT2D eigenvalue weighted by Crippen LogP contribution is 2.26. The predicted molar refractivity (Wildman–Crippen MR) is 79.1 cm³/mol. The third-order valence-corrected chi connectivity index (χ3v) is 4.12. The number of thiazole rings is 1. The van der Waals surface area contributed by atoms with Crippen molar-refractivity contribution in [2.45, 2.75) is 12.7 Å². The lowest BCUT2D eigenvalue weighted by Crippen LogP contribution is -2.24. The average molecular weight is 340 g/mol. The molecule has 0 N–H and O–H groups in total. The van der Waals surface area contributed by atoms with Gasteiger partial charge in [-0.05, 0) is 0 Å². The molecule has 0 aliphatic carbocycles. The molecule has 120 valence electrons. The molecule has 0 fully saturated rings. The molecule has 0 amide bonds. The van der Waals surface area contributed by atoms with Crippen LogP contribution in [0.25, 0.3) is 10.6 Å². The minimum Gasteiger partial charge on any atom is -0.274 e. The molecule has 2 aromatic heterocycles. The van der Waals surface area contributed by atoms with Crippen molar-refractivity contribution in [1.82, 2.24) is 19.3 Å². The van der Waals surface area contributed by atoms with Crippen molar-refractivity contribution in [2.24, 2.45) is 7.05 Å². The average Bonchev–Trinajstić information content (AvgIpc) is 3.08. The highest BCUT2D eigenvalue weighted by atomic mass is 32.1. The number of nitrogens with zero attached hydrogens (tertiary/aromatic N) is 4. The van der Waals surface area contributed by atoms with Crippen LogP contribution in [0.5, 0.6) is 0 Å². The largest absolute Gasteiger partial charge is 0.451 e. The Kier molecular flexibility index (Phi) is 3.80. The Morgan fingerprint density at radius 3 is 2.52 bits per heavy atom. The van der Waals surface area contributed by atoms with Gasteiger partial charge in [0.2, 0.25) is 5.82 Å². The zero-order chi connectivity index (χ0) is 16.6. The molecule has 5 nitrogen and oxygen atoms in total. The smallest absolute Gasteiger partial charge is 0.274 e. The lowest BCUT2D eigenvalue weighted by Gasteiger charge is -2.02. The van der Waals surface area contributed by atoms with Gasteiger partial charge in [0.1, 0.15) is 5.01 Å². The number of alkyl halides is 3. The summed E-state index contributed by atoms with van der Waals surface area (Å²) in [7, 11) is 1.05. The van der Waals surface area contributed by atoms with E-state index in [1.54, 1.807) is 5.38 Å². The first kappa shape index (κ1) is 15.5. The monoisotopic (exact) mass is 340 g/mol. The van der Waals surface area contributed by atoms with E-state index in [0.29, 0.717) is 10.3 Å². The van der Waals surface area contributed by atoms with E-state index in [1.165, 1.54) is 11.3 Å². The van der Waals surface area contributed by atoms with Crippen molar-refractivity contribution in [2.75, 3.05) is 0 Å². The third-order valence-electron chi connectivity index (χ3n) is 3.18. The fraction of sp³-hybridized carbons (Fsp3) is 0.214. The lowest BCUT2D eigenvalue weighted by molar-refractivity contribution is -0.147. The SMILES string of the molecule is Cn1c(C(F)(F)F)nn(Cc2csc(-c3ccccc3)n2)c1=O. The van der Waals surface area contributed by atoms with Crippen LogP contribution in [0.3, 0.4) is 0 Å². The van der Waals surface area contributed by atoms with Crippen molar-refractivity contribution < 1.29 is 13.2 Å². The van der Waals surface area contributed by atoms with Crippen molar-refractivity contribution in [1.29, 1.82) is 0 Å². The Morgan fingerprint density at radius 1 is 1.22 bits per heavy atom. The highest BCUT2D eigenvalue weighted by molar-refractivity contribution is 7.13. The second-order valence-corrected chi connectivity index (χ2v) is 5.69. The molecule has 0 unspecified atom stereocenters. The van der Waals surface area contributed by atoms with Gasteiger partial charge in [-0.1, -0.05) is 30.3 Å².